The highest BCUT2D eigenvalue weighted by Crippen LogP contribution is 2.33. The number of nitrogens with zero attached hydrogens (tertiary/aromatic N) is 1. The summed E-state index contributed by atoms with van der Waals surface area (Å²) in [4.78, 5) is 2.66. The van der Waals surface area contributed by atoms with Gasteiger partial charge in [0.2, 0.25) is 0 Å². The smallest absolute Gasteiger partial charge is 0.0952 e. The molecule has 3 heteroatoms. The van der Waals surface area contributed by atoms with E-state index in [-0.39, 0.29) is 6.10 Å². The number of ether oxygens (including phenoxy) is 1. The maximum Gasteiger partial charge on any atom is 0.0952 e. The molecule has 0 bridgehead atoms. The number of morpholine rings is 1. The van der Waals surface area contributed by atoms with Crippen LogP contribution in [-0.4, -0.2) is 30.6 Å². The molecular formula is C16H22BrNO. The molecule has 1 aromatic rings. The maximum absolute atomic E-state index is 5.97. The van der Waals surface area contributed by atoms with E-state index < -0.39 is 0 Å². The van der Waals surface area contributed by atoms with Gasteiger partial charge in [-0.05, 0) is 36.5 Å². The molecule has 0 radical (unpaired) electrons. The van der Waals surface area contributed by atoms with Crippen molar-refractivity contribution in [3.63, 3.8) is 0 Å². The van der Waals surface area contributed by atoms with Gasteiger partial charge in [-0.3, -0.25) is 4.90 Å². The summed E-state index contributed by atoms with van der Waals surface area (Å²) in [6, 6.07) is 9.35. The molecule has 0 amide bonds. The fraction of sp³-hybridized carbons (Fsp3) is 0.625. The van der Waals surface area contributed by atoms with E-state index in [1.807, 2.05) is 0 Å². The monoisotopic (exact) mass is 323 g/mol. The fourth-order valence-corrected chi connectivity index (χ4v) is 3.78. The predicted octanol–water partition coefficient (Wildman–Crippen LogP) is 4.01. The molecule has 1 heterocycles. The van der Waals surface area contributed by atoms with Gasteiger partial charge in [-0.15, -0.1) is 0 Å². The Labute approximate surface area is 124 Å². The SMILES string of the molecule is CC1CCCC1N1CCOC(c2ccc(Br)cc2)C1. The zero-order chi connectivity index (χ0) is 13.2. The molecule has 0 spiro atoms. The Morgan fingerprint density at radius 2 is 2.00 bits per heavy atom. The Hall–Kier alpha value is -0.380. The standard InChI is InChI=1S/C16H22BrNO/c1-12-3-2-4-15(12)18-9-10-19-16(11-18)13-5-7-14(17)8-6-13/h5-8,12,15-16H,2-4,9-11H2,1H3. The number of hydrogen-bond acceptors (Lipinski definition) is 2. The molecule has 3 rings (SSSR count). The van der Waals surface area contributed by atoms with Crippen LogP contribution in [0.1, 0.15) is 37.9 Å². The lowest BCUT2D eigenvalue weighted by Gasteiger charge is -2.38. The summed E-state index contributed by atoms with van der Waals surface area (Å²) in [5.41, 5.74) is 1.30. The minimum atomic E-state index is 0.245. The van der Waals surface area contributed by atoms with Crippen LogP contribution in [0.15, 0.2) is 28.7 Å². The Bertz CT molecular complexity index is 419. The van der Waals surface area contributed by atoms with Crippen molar-refractivity contribution in [1.82, 2.24) is 4.90 Å². The summed E-state index contributed by atoms with van der Waals surface area (Å²) in [5, 5.41) is 0. The molecule has 2 nitrogen and oxygen atoms in total. The van der Waals surface area contributed by atoms with Gasteiger partial charge in [0.1, 0.15) is 0 Å². The van der Waals surface area contributed by atoms with Crippen molar-refractivity contribution in [3.05, 3.63) is 34.3 Å². The van der Waals surface area contributed by atoms with Crippen LogP contribution in [0.5, 0.6) is 0 Å². The minimum Gasteiger partial charge on any atom is -0.371 e. The molecule has 2 fully saturated rings. The highest BCUT2D eigenvalue weighted by Gasteiger charge is 2.32. The molecule has 0 N–H and O–H groups in total. The van der Waals surface area contributed by atoms with Crippen LogP contribution in [0.2, 0.25) is 0 Å². The van der Waals surface area contributed by atoms with Crippen molar-refractivity contribution in [3.8, 4) is 0 Å². The molecule has 2 aliphatic rings. The molecule has 1 saturated heterocycles. The van der Waals surface area contributed by atoms with Gasteiger partial charge in [0, 0.05) is 23.6 Å². The highest BCUT2D eigenvalue weighted by molar-refractivity contribution is 9.10. The molecule has 3 unspecified atom stereocenters. The summed E-state index contributed by atoms with van der Waals surface area (Å²) in [7, 11) is 0. The van der Waals surface area contributed by atoms with Crippen molar-refractivity contribution in [2.45, 2.75) is 38.3 Å². The van der Waals surface area contributed by atoms with Gasteiger partial charge in [-0.25, -0.2) is 0 Å². The van der Waals surface area contributed by atoms with E-state index in [1.54, 1.807) is 0 Å². The van der Waals surface area contributed by atoms with E-state index >= 15 is 0 Å². The number of hydrogen-bond donors (Lipinski definition) is 0. The van der Waals surface area contributed by atoms with E-state index in [0.717, 1.165) is 36.1 Å². The molecule has 1 aromatic carbocycles. The fourth-order valence-electron chi connectivity index (χ4n) is 3.52. The first-order chi connectivity index (χ1) is 9.24. The van der Waals surface area contributed by atoms with Crippen molar-refractivity contribution >= 4 is 15.9 Å². The third kappa shape index (κ3) is 3.04. The number of rotatable bonds is 2. The summed E-state index contributed by atoms with van der Waals surface area (Å²) < 4.78 is 7.10. The van der Waals surface area contributed by atoms with Crippen LogP contribution < -0.4 is 0 Å². The third-order valence-corrected chi connectivity index (χ3v) is 5.15. The summed E-state index contributed by atoms with van der Waals surface area (Å²) in [5.74, 6) is 0.851. The van der Waals surface area contributed by atoms with Crippen LogP contribution >= 0.6 is 15.9 Å². The van der Waals surface area contributed by atoms with Gasteiger partial charge >= 0.3 is 0 Å². The first-order valence-corrected chi connectivity index (χ1v) is 8.14. The second-order valence-corrected chi connectivity index (χ2v) is 6.80. The minimum absolute atomic E-state index is 0.245. The van der Waals surface area contributed by atoms with E-state index in [4.69, 9.17) is 4.74 Å². The van der Waals surface area contributed by atoms with Crippen molar-refractivity contribution in [2.75, 3.05) is 19.7 Å². The number of benzene rings is 1. The van der Waals surface area contributed by atoms with E-state index in [0.29, 0.717) is 0 Å². The molecule has 0 aromatic heterocycles. The summed E-state index contributed by atoms with van der Waals surface area (Å²) in [6.45, 7) is 5.42. The molecular weight excluding hydrogens is 302 g/mol. The van der Waals surface area contributed by atoms with Crippen molar-refractivity contribution in [1.29, 1.82) is 0 Å². The number of halogens is 1. The highest BCUT2D eigenvalue weighted by atomic mass is 79.9. The van der Waals surface area contributed by atoms with E-state index in [2.05, 4.69) is 52.0 Å². The average molecular weight is 324 g/mol. The quantitative estimate of drug-likeness (QED) is 0.815. The first-order valence-electron chi connectivity index (χ1n) is 7.35. The summed E-state index contributed by atoms with van der Waals surface area (Å²) >= 11 is 3.49. The molecule has 1 aliphatic carbocycles. The second kappa shape index (κ2) is 5.94. The van der Waals surface area contributed by atoms with Crippen LogP contribution in [0, 0.1) is 5.92 Å². The molecule has 104 valence electrons. The predicted molar refractivity (Wildman–Crippen MR) is 81.2 cm³/mol. The molecule has 1 saturated carbocycles. The van der Waals surface area contributed by atoms with Gasteiger partial charge in [0.05, 0.1) is 12.7 Å². The third-order valence-electron chi connectivity index (χ3n) is 4.62. The molecule has 19 heavy (non-hydrogen) atoms. The lowest BCUT2D eigenvalue weighted by atomic mass is 10.0. The van der Waals surface area contributed by atoms with Crippen LogP contribution in [0.4, 0.5) is 0 Å². The van der Waals surface area contributed by atoms with Gasteiger partial charge in [0.15, 0.2) is 0 Å². The van der Waals surface area contributed by atoms with E-state index in [1.165, 1.54) is 24.8 Å². The topological polar surface area (TPSA) is 12.5 Å². The first kappa shape index (κ1) is 13.6. The van der Waals surface area contributed by atoms with E-state index in [9.17, 15) is 0 Å². The normalized spacial score (nSPS) is 32.6. The van der Waals surface area contributed by atoms with Gasteiger partial charge in [-0.1, -0.05) is 41.4 Å². The van der Waals surface area contributed by atoms with Gasteiger partial charge in [0.25, 0.3) is 0 Å². The van der Waals surface area contributed by atoms with Gasteiger partial charge < -0.3 is 4.74 Å². The van der Waals surface area contributed by atoms with Crippen LogP contribution in [0.3, 0.4) is 0 Å². The molecule has 3 atom stereocenters. The van der Waals surface area contributed by atoms with Crippen molar-refractivity contribution < 1.29 is 4.74 Å². The van der Waals surface area contributed by atoms with Crippen LogP contribution in [-0.2, 0) is 4.74 Å². The Kier molecular flexibility index (Phi) is 4.25. The Morgan fingerprint density at radius 1 is 1.21 bits per heavy atom. The summed E-state index contributed by atoms with van der Waals surface area (Å²) in [6.07, 6.45) is 4.40. The zero-order valence-electron chi connectivity index (χ0n) is 11.5. The average Bonchev–Trinajstić information content (AvgIpc) is 2.86. The van der Waals surface area contributed by atoms with Gasteiger partial charge in [-0.2, -0.15) is 0 Å². The Morgan fingerprint density at radius 3 is 2.68 bits per heavy atom. The second-order valence-electron chi connectivity index (χ2n) is 5.88. The lowest BCUT2D eigenvalue weighted by molar-refractivity contribution is -0.0493. The molecule has 1 aliphatic heterocycles. The van der Waals surface area contributed by atoms with Crippen LogP contribution in [0.25, 0.3) is 0 Å². The lowest BCUT2D eigenvalue weighted by Crippen LogP contribution is -2.45. The van der Waals surface area contributed by atoms with Crippen molar-refractivity contribution in [2.24, 2.45) is 5.92 Å². The largest absolute Gasteiger partial charge is 0.371 e. The Balaban J connectivity index is 1.69. The maximum atomic E-state index is 5.97. The zero-order valence-corrected chi connectivity index (χ0v) is 13.1.